The van der Waals surface area contributed by atoms with Crippen molar-refractivity contribution in [2.24, 2.45) is 14.1 Å². The third-order valence-corrected chi connectivity index (χ3v) is 4.64. The first-order valence-corrected chi connectivity index (χ1v) is 8.64. The van der Waals surface area contributed by atoms with Gasteiger partial charge in [0.05, 0.1) is 29.2 Å². The van der Waals surface area contributed by atoms with Gasteiger partial charge in [-0.3, -0.25) is 23.7 Å². The average Bonchev–Trinajstić information content (AvgIpc) is 2.71. The molecule has 0 saturated carbocycles. The number of anilines is 1. The van der Waals surface area contributed by atoms with E-state index in [0.717, 1.165) is 21.0 Å². The molecular weight excluding hydrogens is 358 g/mol. The van der Waals surface area contributed by atoms with Crippen molar-refractivity contribution < 1.29 is 4.79 Å². The number of rotatable bonds is 3. The molecule has 0 atom stereocenters. The van der Waals surface area contributed by atoms with E-state index < -0.39 is 11.2 Å². The van der Waals surface area contributed by atoms with Crippen molar-refractivity contribution in [2.45, 2.75) is 6.42 Å². The lowest BCUT2D eigenvalue weighted by molar-refractivity contribution is -0.115. The number of nitrogens with one attached hydrogen (secondary N) is 1. The number of hydrogen-bond donors (Lipinski definition) is 1. The molecule has 0 aliphatic carbocycles. The molecule has 3 heterocycles. The molecule has 0 aliphatic rings. The first-order chi connectivity index (χ1) is 13.5. The summed E-state index contributed by atoms with van der Waals surface area (Å²) in [6.07, 6.45) is 3.26. The van der Waals surface area contributed by atoms with Crippen LogP contribution >= 0.6 is 0 Å². The van der Waals surface area contributed by atoms with E-state index in [-0.39, 0.29) is 23.4 Å². The molecule has 4 aromatic rings. The summed E-state index contributed by atoms with van der Waals surface area (Å²) in [5, 5.41) is 3.98. The largest absolute Gasteiger partial charge is 0.332 e. The smallest absolute Gasteiger partial charge is 0.324 e. The lowest BCUT2D eigenvalue weighted by atomic mass is 10.1. The zero-order valence-corrected chi connectivity index (χ0v) is 15.3. The van der Waals surface area contributed by atoms with Gasteiger partial charge in [0, 0.05) is 25.7 Å². The van der Waals surface area contributed by atoms with Gasteiger partial charge in [0.2, 0.25) is 5.91 Å². The Labute approximate surface area is 159 Å². The molecule has 8 nitrogen and oxygen atoms in total. The van der Waals surface area contributed by atoms with E-state index in [9.17, 15) is 14.4 Å². The van der Waals surface area contributed by atoms with Crippen LogP contribution in [0.15, 0.2) is 58.4 Å². The summed E-state index contributed by atoms with van der Waals surface area (Å²) in [5.41, 5.74) is 1.33. The van der Waals surface area contributed by atoms with Crippen molar-refractivity contribution >= 4 is 33.5 Å². The summed E-state index contributed by atoms with van der Waals surface area (Å²) in [6.45, 7) is 0. The predicted molar refractivity (Wildman–Crippen MR) is 106 cm³/mol. The Morgan fingerprint density at radius 1 is 1.07 bits per heavy atom. The monoisotopic (exact) mass is 375 g/mol. The maximum Gasteiger partial charge on any atom is 0.332 e. The van der Waals surface area contributed by atoms with E-state index in [2.05, 4.69) is 15.3 Å². The van der Waals surface area contributed by atoms with Gasteiger partial charge < -0.3 is 5.32 Å². The topological polar surface area (TPSA) is 98.9 Å². The molecule has 0 spiro atoms. The van der Waals surface area contributed by atoms with Crippen LogP contribution in [-0.4, -0.2) is 25.0 Å². The molecule has 0 fully saturated rings. The van der Waals surface area contributed by atoms with Crippen molar-refractivity contribution in [3.8, 4) is 0 Å². The fourth-order valence-corrected chi connectivity index (χ4v) is 3.22. The van der Waals surface area contributed by atoms with Crippen LogP contribution in [-0.2, 0) is 25.3 Å². The fraction of sp³-hybridized carbons (Fsp3) is 0.150. The Morgan fingerprint density at radius 2 is 1.86 bits per heavy atom. The predicted octanol–water partition coefficient (Wildman–Crippen LogP) is 1.36. The second-order valence-corrected chi connectivity index (χ2v) is 6.52. The van der Waals surface area contributed by atoms with E-state index in [0.29, 0.717) is 5.69 Å². The van der Waals surface area contributed by atoms with Gasteiger partial charge in [-0.15, -0.1) is 0 Å². The molecule has 8 heteroatoms. The summed E-state index contributed by atoms with van der Waals surface area (Å²) < 4.78 is 2.31. The number of carbonyl (C=O) groups is 1. The number of benzene rings is 1. The highest BCUT2D eigenvalue weighted by Crippen LogP contribution is 2.17. The van der Waals surface area contributed by atoms with E-state index in [1.54, 1.807) is 13.2 Å². The number of nitrogens with zero attached hydrogens (tertiary/aromatic N) is 4. The van der Waals surface area contributed by atoms with Gasteiger partial charge in [0.1, 0.15) is 5.65 Å². The van der Waals surface area contributed by atoms with Gasteiger partial charge in [-0.1, -0.05) is 24.3 Å². The first-order valence-electron chi connectivity index (χ1n) is 8.64. The van der Waals surface area contributed by atoms with E-state index in [1.807, 2.05) is 30.3 Å². The Bertz CT molecular complexity index is 1350. The van der Waals surface area contributed by atoms with Crippen molar-refractivity contribution in [3.05, 3.63) is 75.2 Å². The molecule has 0 saturated heterocycles. The van der Waals surface area contributed by atoms with Crippen LogP contribution in [0.2, 0.25) is 0 Å². The Morgan fingerprint density at radius 3 is 2.68 bits per heavy atom. The van der Waals surface area contributed by atoms with Gasteiger partial charge >= 0.3 is 5.69 Å². The normalized spacial score (nSPS) is 11.1. The highest BCUT2D eigenvalue weighted by molar-refractivity contribution is 5.96. The van der Waals surface area contributed by atoms with Crippen molar-refractivity contribution in [2.75, 3.05) is 5.32 Å². The fourth-order valence-electron chi connectivity index (χ4n) is 3.22. The van der Waals surface area contributed by atoms with Crippen LogP contribution in [0.5, 0.6) is 0 Å². The number of aryl methyl sites for hydroxylation is 1. The van der Waals surface area contributed by atoms with Gasteiger partial charge in [0.15, 0.2) is 0 Å². The highest BCUT2D eigenvalue weighted by atomic mass is 16.2. The van der Waals surface area contributed by atoms with E-state index in [1.165, 1.54) is 23.9 Å². The molecule has 0 bridgehead atoms. The molecular formula is C20H17N5O3. The SMILES string of the molecule is Cn1c(=O)c2cc(NC(=O)Cc3cccc4cccnc34)cnc2n(C)c1=O. The number of aromatic nitrogens is 4. The number of carbonyl (C=O) groups excluding carboxylic acids is 1. The van der Waals surface area contributed by atoms with Crippen LogP contribution in [0.4, 0.5) is 5.69 Å². The number of amides is 1. The summed E-state index contributed by atoms with van der Waals surface area (Å²) in [7, 11) is 2.95. The van der Waals surface area contributed by atoms with Crippen molar-refractivity contribution in [1.29, 1.82) is 0 Å². The minimum Gasteiger partial charge on any atom is -0.324 e. The van der Waals surface area contributed by atoms with Gasteiger partial charge in [0.25, 0.3) is 5.56 Å². The zero-order chi connectivity index (χ0) is 19.8. The third-order valence-electron chi connectivity index (χ3n) is 4.64. The van der Waals surface area contributed by atoms with Crippen LogP contribution in [0, 0.1) is 0 Å². The highest BCUT2D eigenvalue weighted by Gasteiger charge is 2.12. The quantitative estimate of drug-likeness (QED) is 0.583. The molecule has 4 rings (SSSR count). The number of fused-ring (bicyclic) bond motifs is 2. The summed E-state index contributed by atoms with van der Waals surface area (Å²) >= 11 is 0. The molecule has 0 unspecified atom stereocenters. The van der Waals surface area contributed by atoms with Crippen molar-refractivity contribution in [3.63, 3.8) is 0 Å². The minimum atomic E-state index is -0.458. The van der Waals surface area contributed by atoms with E-state index in [4.69, 9.17) is 0 Å². The summed E-state index contributed by atoms with van der Waals surface area (Å²) in [4.78, 5) is 45.4. The van der Waals surface area contributed by atoms with Crippen molar-refractivity contribution in [1.82, 2.24) is 19.1 Å². The molecule has 140 valence electrons. The average molecular weight is 375 g/mol. The molecule has 0 radical (unpaired) electrons. The van der Waals surface area contributed by atoms with Gasteiger partial charge in [-0.25, -0.2) is 9.78 Å². The lowest BCUT2D eigenvalue weighted by Gasteiger charge is -2.10. The molecule has 1 N–H and O–H groups in total. The van der Waals surface area contributed by atoms with Crippen LogP contribution in [0.3, 0.4) is 0 Å². The second kappa shape index (κ2) is 6.73. The Hall–Kier alpha value is -3.81. The minimum absolute atomic E-state index is 0.137. The Kier molecular flexibility index (Phi) is 4.23. The van der Waals surface area contributed by atoms with Crippen LogP contribution in [0.1, 0.15) is 5.56 Å². The molecule has 3 aromatic heterocycles. The zero-order valence-electron chi connectivity index (χ0n) is 15.3. The molecule has 1 aromatic carbocycles. The Balaban J connectivity index is 1.65. The number of pyridine rings is 2. The number of hydrogen-bond acceptors (Lipinski definition) is 5. The summed E-state index contributed by atoms with van der Waals surface area (Å²) in [5.74, 6) is -0.249. The van der Waals surface area contributed by atoms with Crippen LogP contribution < -0.4 is 16.6 Å². The summed E-state index contributed by atoms with van der Waals surface area (Å²) in [6, 6.07) is 11.0. The first kappa shape index (κ1) is 17.6. The lowest BCUT2D eigenvalue weighted by Crippen LogP contribution is -2.37. The standard InChI is InChI=1S/C20H17N5O3/c1-24-18-15(19(27)25(2)20(24)28)10-14(11-22-18)23-16(26)9-13-6-3-5-12-7-4-8-21-17(12)13/h3-8,10-11H,9H2,1-2H3,(H,23,26). The van der Waals surface area contributed by atoms with E-state index >= 15 is 0 Å². The molecule has 28 heavy (non-hydrogen) atoms. The molecule has 1 amide bonds. The maximum atomic E-state index is 12.5. The van der Waals surface area contributed by atoms with Crippen LogP contribution in [0.25, 0.3) is 21.9 Å². The molecule has 0 aliphatic heterocycles. The van der Waals surface area contributed by atoms with Gasteiger partial charge in [-0.2, -0.15) is 0 Å². The third kappa shape index (κ3) is 2.94. The maximum absolute atomic E-state index is 12.5. The number of para-hydroxylation sites is 1. The van der Waals surface area contributed by atoms with Gasteiger partial charge in [-0.05, 0) is 17.7 Å². The second-order valence-electron chi connectivity index (χ2n) is 6.52.